The summed E-state index contributed by atoms with van der Waals surface area (Å²) in [5.41, 5.74) is 0.910. The quantitative estimate of drug-likeness (QED) is 0.646. The fourth-order valence-corrected chi connectivity index (χ4v) is 2.63. The molecule has 1 aliphatic carbocycles. The number of halogens is 1. The molecule has 0 unspecified atom stereocenters. The highest BCUT2D eigenvalue weighted by Gasteiger charge is 2.24. The summed E-state index contributed by atoms with van der Waals surface area (Å²) in [5, 5.41) is 5.86. The van der Waals surface area contributed by atoms with Crippen LogP contribution in [0.4, 0.5) is 5.69 Å². The lowest BCUT2D eigenvalue weighted by atomic mass is 10.2. The lowest BCUT2D eigenvalue weighted by Gasteiger charge is -2.10. The van der Waals surface area contributed by atoms with Gasteiger partial charge in [-0.1, -0.05) is 29.8 Å². The maximum Gasteiger partial charge on any atom is 0.253 e. The Kier molecular flexibility index (Phi) is 6.68. The third-order valence-corrected chi connectivity index (χ3v) is 4.20. The number of hydrogen-bond donors (Lipinski definition) is 2. The predicted octanol–water partition coefficient (Wildman–Crippen LogP) is 3.27. The van der Waals surface area contributed by atoms with Crippen LogP contribution in [0.3, 0.4) is 0 Å². The van der Waals surface area contributed by atoms with Gasteiger partial charge in [-0.05, 0) is 43.2 Å². The second-order valence-electron chi connectivity index (χ2n) is 6.20. The molecule has 27 heavy (non-hydrogen) atoms. The molecule has 1 aliphatic rings. The van der Waals surface area contributed by atoms with E-state index in [1.165, 1.54) is 0 Å². The first-order valence-corrected chi connectivity index (χ1v) is 9.15. The van der Waals surface area contributed by atoms with Gasteiger partial charge in [0.2, 0.25) is 5.91 Å². The molecule has 0 atom stereocenters. The lowest BCUT2D eigenvalue weighted by Crippen LogP contribution is -2.25. The van der Waals surface area contributed by atoms with Crippen LogP contribution in [0.2, 0.25) is 5.02 Å². The molecule has 2 N–H and O–H groups in total. The molecule has 2 aromatic carbocycles. The van der Waals surface area contributed by atoms with Crippen molar-refractivity contribution < 1.29 is 19.1 Å². The normalized spacial score (nSPS) is 13.1. The van der Waals surface area contributed by atoms with Gasteiger partial charge < -0.3 is 20.1 Å². The molecule has 0 aromatic heterocycles. The van der Waals surface area contributed by atoms with Crippen LogP contribution in [-0.4, -0.2) is 37.7 Å². The van der Waals surface area contributed by atoms with Crippen molar-refractivity contribution in [3.05, 3.63) is 59.1 Å². The molecule has 0 aliphatic heterocycles. The van der Waals surface area contributed by atoms with E-state index < -0.39 is 0 Å². The SMILES string of the molecule is O=C(COCCOc1ccccc1)Nc1ccc(C(=O)NC2CC2)c(Cl)c1. The number of anilines is 1. The summed E-state index contributed by atoms with van der Waals surface area (Å²) in [4.78, 5) is 24.0. The number of para-hydroxylation sites is 1. The van der Waals surface area contributed by atoms with Gasteiger partial charge in [0.05, 0.1) is 17.2 Å². The van der Waals surface area contributed by atoms with Gasteiger partial charge in [-0.25, -0.2) is 0 Å². The summed E-state index contributed by atoms with van der Waals surface area (Å²) >= 11 is 6.16. The van der Waals surface area contributed by atoms with Gasteiger partial charge in [0.15, 0.2) is 0 Å². The van der Waals surface area contributed by atoms with E-state index in [4.69, 9.17) is 21.1 Å². The molecule has 0 heterocycles. The largest absolute Gasteiger partial charge is 0.491 e. The highest BCUT2D eigenvalue weighted by molar-refractivity contribution is 6.34. The zero-order valence-corrected chi connectivity index (χ0v) is 15.5. The first kappa shape index (κ1) is 19.2. The van der Waals surface area contributed by atoms with E-state index in [1.807, 2.05) is 30.3 Å². The fourth-order valence-electron chi connectivity index (χ4n) is 2.36. The predicted molar refractivity (Wildman–Crippen MR) is 103 cm³/mol. The fraction of sp³-hybridized carbons (Fsp3) is 0.300. The van der Waals surface area contributed by atoms with Crippen LogP contribution in [0.1, 0.15) is 23.2 Å². The molecule has 2 aromatic rings. The van der Waals surface area contributed by atoms with Crippen molar-refractivity contribution in [3.63, 3.8) is 0 Å². The number of amides is 2. The van der Waals surface area contributed by atoms with Crippen LogP contribution in [0.25, 0.3) is 0 Å². The summed E-state index contributed by atoms with van der Waals surface area (Å²) in [6.45, 7) is 0.553. The van der Waals surface area contributed by atoms with Crippen molar-refractivity contribution >= 4 is 29.1 Å². The number of nitrogens with one attached hydrogen (secondary N) is 2. The number of rotatable bonds is 9. The van der Waals surface area contributed by atoms with Crippen LogP contribution >= 0.6 is 11.6 Å². The average Bonchev–Trinajstić information content (AvgIpc) is 3.46. The molecule has 1 fully saturated rings. The molecule has 0 spiro atoms. The van der Waals surface area contributed by atoms with Crippen LogP contribution in [0.5, 0.6) is 5.75 Å². The minimum Gasteiger partial charge on any atom is -0.491 e. The second-order valence-corrected chi connectivity index (χ2v) is 6.61. The van der Waals surface area contributed by atoms with Gasteiger partial charge in [-0.2, -0.15) is 0 Å². The van der Waals surface area contributed by atoms with E-state index in [1.54, 1.807) is 18.2 Å². The van der Waals surface area contributed by atoms with E-state index >= 15 is 0 Å². The molecule has 0 bridgehead atoms. The van der Waals surface area contributed by atoms with Gasteiger partial charge >= 0.3 is 0 Å². The Balaban J connectivity index is 1.38. The van der Waals surface area contributed by atoms with Crippen LogP contribution < -0.4 is 15.4 Å². The summed E-state index contributed by atoms with van der Waals surface area (Å²) < 4.78 is 10.8. The van der Waals surface area contributed by atoms with Gasteiger partial charge in [0.25, 0.3) is 5.91 Å². The van der Waals surface area contributed by atoms with Crippen molar-refractivity contribution in [1.29, 1.82) is 0 Å². The molecule has 7 heteroatoms. The Labute approximate surface area is 162 Å². The topological polar surface area (TPSA) is 76.7 Å². The Morgan fingerprint density at radius 1 is 1.07 bits per heavy atom. The molecule has 0 radical (unpaired) electrons. The first-order valence-electron chi connectivity index (χ1n) is 8.77. The highest BCUT2D eigenvalue weighted by atomic mass is 35.5. The molecule has 1 saturated carbocycles. The molecular weight excluding hydrogens is 368 g/mol. The molecule has 142 valence electrons. The number of hydrogen-bond acceptors (Lipinski definition) is 4. The van der Waals surface area contributed by atoms with Crippen LogP contribution in [0, 0.1) is 0 Å². The minimum atomic E-state index is -0.305. The summed E-state index contributed by atoms with van der Waals surface area (Å²) in [6, 6.07) is 14.4. The van der Waals surface area contributed by atoms with E-state index in [0.717, 1.165) is 18.6 Å². The third-order valence-electron chi connectivity index (χ3n) is 3.88. The maximum atomic E-state index is 12.0. The molecule has 3 rings (SSSR count). The first-order chi connectivity index (χ1) is 13.1. The standard InChI is InChI=1S/C20H21ClN2O4/c21-18-12-15(8-9-17(18)20(25)23-14-6-7-14)22-19(24)13-26-10-11-27-16-4-2-1-3-5-16/h1-5,8-9,12,14H,6-7,10-11,13H2,(H,22,24)(H,23,25). The Morgan fingerprint density at radius 2 is 1.85 bits per heavy atom. The van der Waals surface area contributed by atoms with Crippen molar-refractivity contribution in [3.8, 4) is 5.75 Å². The zero-order chi connectivity index (χ0) is 19.1. The summed E-state index contributed by atoms with van der Waals surface area (Å²) in [7, 11) is 0. The monoisotopic (exact) mass is 388 g/mol. The van der Waals surface area contributed by atoms with Crippen molar-refractivity contribution in [1.82, 2.24) is 5.32 Å². The van der Waals surface area contributed by atoms with Gasteiger partial charge in [-0.3, -0.25) is 9.59 Å². The Bertz CT molecular complexity index is 794. The van der Waals surface area contributed by atoms with E-state index in [-0.39, 0.29) is 24.5 Å². The van der Waals surface area contributed by atoms with Crippen LogP contribution in [-0.2, 0) is 9.53 Å². The van der Waals surface area contributed by atoms with Crippen molar-refractivity contribution in [2.24, 2.45) is 0 Å². The Morgan fingerprint density at radius 3 is 2.56 bits per heavy atom. The third kappa shape index (κ3) is 6.27. The number of ether oxygens (including phenoxy) is 2. The average molecular weight is 389 g/mol. The molecule has 2 amide bonds. The Hall–Kier alpha value is -2.57. The molecule has 0 saturated heterocycles. The van der Waals surface area contributed by atoms with Crippen LogP contribution in [0.15, 0.2) is 48.5 Å². The number of benzene rings is 2. The van der Waals surface area contributed by atoms with E-state index in [9.17, 15) is 9.59 Å². The maximum absolute atomic E-state index is 12.0. The lowest BCUT2D eigenvalue weighted by molar-refractivity contribution is -0.120. The number of carbonyl (C=O) groups excluding carboxylic acids is 2. The summed E-state index contributed by atoms with van der Waals surface area (Å²) in [5.74, 6) is 0.258. The smallest absolute Gasteiger partial charge is 0.253 e. The minimum absolute atomic E-state index is 0.0975. The second kappa shape index (κ2) is 9.39. The highest BCUT2D eigenvalue weighted by Crippen LogP contribution is 2.24. The van der Waals surface area contributed by atoms with Crippen molar-refractivity contribution in [2.75, 3.05) is 25.1 Å². The van der Waals surface area contributed by atoms with Crippen molar-refractivity contribution in [2.45, 2.75) is 18.9 Å². The number of carbonyl (C=O) groups is 2. The van der Waals surface area contributed by atoms with E-state index in [2.05, 4.69) is 10.6 Å². The van der Waals surface area contributed by atoms with Gasteiger partial charge in [0, 0.05) is 11.7 Å². The van der Waals surface area contributed by atoms with E-state index in [0.29, 0.717) is 29.5 Å². The van der Waals surface area contributed by atoms with Gasteiger partial charge in [-0.15, -0.1) is 0 Å². The summed E-state index contributed by atoms with van der Waals surface area (Å²) in [6.07, 6.45) is 2.02. The zero-order valence-electron chi connectivity index (χ0n) is 14.7. The molecular formula is C20H21ClN2O4. The van der Waals surface area contributed by atoms with Gasteiger partial charge in [0.1, 0.15) is 19.0 Å². The molecule has 6 nitrogen and oxygen atoms in total.